The third kappa shape index (κ3) is 2.74. The second-order valence-corrected chi connectivity index (χ2v) is 5.25. The van der Waals surface area contributed by atoms with Gasteiger partial charge in [0.1, 0.15) is 18.7 Å². The maximum Gasteiger partial charge on any atom is 0.255 e. The zero-order valence-electron chi connectivity index (χ0n) is 12.6. The number of tetrazole rings is 1. The SMILES string of the molecule is O=C(Nc1ccc(-n2cnnn2)cc1)C1=Cc2ccccc2OC1. The Balaban J connectivity index is 1.50. The fourth-order valence-corrected chi connectivity index (χ4v) is 2.44. The molecule has 2 aromatic carbocycles. The lowest BCUT2D eigenvalue weighted by Gasteiger charge is -2.17. The number of para-hydroxylation sites is 1. The van der Waals surface area contributed by atoms with Crippen LogP contribution < -0.4 is 10.1 Å². The molecule has 3 aromatic rings. The number of fused-ring (bicyclic) bond motifs is 1. The van der Waals surface area contributed by atoms with Crippen molar-refractivity contribution in [2.45, 2.75) is 0 Å². The number of anilines is 1. The Morgan fingerprint density at radius 2 is 1.96 bits per heavy atom. The minimum Gasteiger partial charge on any atom is -0.488 e. The van der Waals surface area contributed by atoms with Gasteiger partial charge in [-0.05, 0) is 46.8 Å². The third-order valence-corrected chi connectivity index (χ3v) is 3.66. The number of nitrogens with zero attached hydrogens (tertiary/aromatic N) is 4. The van der Waals surface area contributed by atoms with Gasteiger partial charge < -0.3 is 10.1 Å². The molecule has 0 saturated carbocycles. The maximum absolute atomic E-state index is 12.4. The highest BCUT2D eigenvalue weighted by molar-refractivity contribution is 6.07. The molecule has 0 atom stereocenters. The average Bonchev–Trinajstić information content (AvgIpc) is 3.16. The highest BCUT2D eigenvalue weighted by Gasteiger charge is 2.17. The zero-order chi connectivity index (χ0) is 16.4. The summed E-state index contributed by atoms with van der Waals surface area (Å²) < 4.78 is 7.15. The predicted octanol–water partition coefficient (Wildman–Crippen LogP) is 2.08. The molecule has 0 radical (unpaired) electrons. The van der Waals surface area contributed by atoms with Crippen molar-refractivity contribution < 1.29 is 9.53 Å². The molecule has 1 N–H and O–H groups in total. The van der Waals surface area contributed by atoms with Gasteiger partial charge in [0.25, 0.3) is 5.91 Å². The van der Waals surface area contributed by atoms with Crippen molar-refractivity contribution >= 4 is 17.7 Å². The minimum absolute atomic E-state index is 0.181. The van der Waals surface area contributed by atoms with E-state index in [4.69, 9.17) is 4.74 Å². The number of hydrogen-bond donors (Lipinski definition) is 1. The van der Waals surface area contributed by atoms with Crippen LogP contribution in [0.4, 0.5) is 5.69 Å². The second kappa shape index (κ2) is 5.96. The normalized spacial score (nSPS) is 12.8. The topological polar surface area (TPSA) is 81.9 Å². The van der Waals surface area contributed by atoms with Gasteiger partial charge in [0, 0.05) is 11.3 Å². The van der Waals surface area contributed by atoms with Crippen molar-refractivity contribution in [1.82, 2.24) is 20.2 Å². The molecule has 118 valence electrons. The van der Waals surface area contributed by atoms with Crippen LogP contribution in [0.15, 0.2) is 60.4 Å². The van der Waals surface area contributed by atoms with E-state index in [0.717, 1.165) is 17.0 Å². The first-order valence-electron chi connectivity index (χ1n) is 7.37. The molecule has 0 aliphatic carbocycles. The molecule has 0 bridgehead atoms. The summed E-state index contributed by atoms with van der Waals surface area (Å²) in [5, 5.41) is 13.9. The largest absolute Gasteiger partial charge is 0.488 e. The molecule has 0 fully saturated rings. The van der Waals surface area contributed by atoms with Crippen molar-refractivity contribution in [3.05, 3.63) is 66.0 Å². The summed E-state index contributed by atoms with van der Waals surface area (Å²) in [7, 11) is 0. The third-order valence-electron chi connectivity index (χ3n) is 3.66. The van der Waals surface area contributed by atoms with Crippen molar-refractivity contribution in [3.8, 4) is 11.4 Å². The smallest absolute Gasteiger partial charge is 0.255 e. The highest BCUT2D eigenvalue weighted by atomic mass is 16.5. The molecule has 7 nitrogen and oxygen atoms in total. The van der Waals surface area contributed by atoms with Crippen molar-refractivity contribution in [3.63, 3.8) is 0 Å². The number of hydrogen-bond acceptors (Lipinski definition) is 5. The van der Waals surface area contributed by atoms with E-state index in [1.165, 1.54) is 6.33 Å². The van der Waals surface area contributed by atoms with Gasteiger partial charge in [0.05, 0.1) is 11.3 Å². The minimum atomic E-state index is -0.181. The summed E-state index contributed by atoms with van der Waals surface area (Å²) in [6.07, 6.45) is 3.36. The van der Waals surface area contributed by atoms with Crippen LogP contribution in [0, 0.1) is 0 Å². The van der Waals surface area contributed by atoms with Crippen LogP contribution in [-0.2, 0) is 4.79 Å². The van der Waals surface area contributed by atoms with Gasteiger partial charge in [-0.25, -0.2) is 4.68 Å². The Morgan fingerprint density at radius 3 is 2.75 bits per heavy atom. The quantitative estimate of drug-likeness (QED) is 0.799. The van der Waals surface area contributed by atoms with Crippen LogP contribution in [-0.4, -0.2) is 32.7 Å². The molecule has 4 rings (SSSR count). The number of carbonyl (C=O) groups is 1. The molecule has 0 spiro atoms. The summed E-state index contributed by atoms with van der Waals surface area (Å²) in [5.41, 5.74) is 2.99. The second-order valence-electron chi connectivity index (χ2n) is 5.25. The summed E-state index contributed by atoms with van der Waals surface area (Å²) in [6, 6.07) is 14.9. The first kappa shape index (κ1) is 14.1. The van der Waals surface area contributed by atoms with Crippen LogP contribution in [0.25, 0.3) is 11.8 Å². The number of aromatic nitrogens is 4. The number of benzene rings is 2. The Morgan fingerprint density at radius 1 is 1.12 bits per heavy atom. The van der Waals surface area contributed by atoms with E-state index in [2.05, 4.69) is 20.8 Å². The molecule has 1 amide bonds. The lowest BCUT2D eigenvalue weighted by atomic mass is 10.1. The molecule has 24 heavy (non-hydrogen) atoms. The molecular formula is C17H13N5O2. The predicted molar refractivity (Wildman–Crippen MR) is 87.7 cm³/mol. The standard InChI is InChI=1S/C17H13N5O2/c23-17(13-9-12-3-1-2-4-16(12)24-10-13)19-14-5-7-15(8-6-14)22-11-18-20-21-22/h1-9,11H,10H2,(H,19,23). The van der Waals surface area contributed by atoms with Crippen LogP contribution in [0.2, 0.25) is 0 Å². The van der Waals surface area contributed by atoms with E-state index >= 15 is 0 Å². The highest BCUT2D eigenvalue weighted by Crippen LogP contribution is 2.26. The molecule has 2 heterocycles. The first-order chi connectivity index (χ1) is 11.8. The van der Waals surface area contributed by atoms with Crippen LogP contribution in [0.3, 0.4) is 0 Å². The van der Waals surface area contributed by atoms with E-state index in [1.54, 1.807) is 16.8 Å². The molecule has 1 aromatic heterocycles. The summed E-state index contributed by atoms with van der Waals surface area (Å²) >= 11 is 0. The van der Waals surface area contributed by atoms with Gasteiger partial charge in [-0.3, -0.25) is 4.79 Å². The number of amides is 1. The zero-order valence-corrected chi connectivity index (χ0v) is 12.6. The first-order valence-corrected chi connectivity index (χ1v) is 7.37. The lowest BCUT2D eigenvalue weighted by Crippen LogP contribution is -2.21. The Labute approximate surface area is 137 Å². The van der Waals surface area contributed by atoms with Crippen LogP contribution in [0.1, 0.15) is 5.56 Å². The van der Waals surface area contributed by atoms with Gasteiger partial charge in [-0.2, -0.15) is 0 Å². The molecular weight excluding hydrogens is 306 g/mol. The van der Waals surface area contributed by atoms with Gasteiger partial charge in [-0.15, -0.1) is 5.10 Å². The van der Waals surface area contributed by atoms with Gasteiger partial charge in [0.2, 0.25) is 0 Å². The van der Waals surface area contributed by atoms with Crippen molar-refractivity contribution in [2.75, 3.05) is 11.9 Å². The van der Waals surface area contributed by atoms with Gasteiger partial charge in [0.15, 0.2) is 0 Å². The Bertz CT molecular complexity index is 901. The van der Waals surface area contributed by atoms with Gasteiger partial charge >= 0.3 is 0 Å². The molecule has 7 heteroatoms. The van der Waals surface area contributed by atoms with Gasteiger partial charge in [-0.1, -0.05) is 18.2 Å². The number of nitrogens with one attached hydrogen (secondary N) is 1. The maximum atomic E-state index is 12.4. The van der Waals surface area contributed by atoms with E-state index in [0.29, 0.717) is 11.3 Å². The molecule has 0 saturated heterocycles. The molecule has 1 aliphatic rings. The van der Waals surface area contributed by atoms with E-state index < -0.39 is 0 Å². The van der Waals surface area contributed by atoms with Crippen molar-refractivity contribution in [1.29, 1.82) is 0 Å². The molecule has 0 unspecified atom stereocenters. The van der Waals surface area contributed by atoms with E-state index in [-0.39, 0.29) is 12.5 Å². The Kier molecular flexibility index (Phi) is 3.51. The number of rotatable bonds is 3. The fourth-order valence-electron chi connectivity index (χ4n) is 2.44. The van der Waals surface area contributed by atoms with E-state index in [1.807, 2.05) is 42.5 Å². The summed E-state index contributed by atoms with van der Waals surface area (Å²) in [4.78, 5) is 12.4. The fraction of sp³-hybridized carbons (Fsp3) is 0.0588. The Hall–Kier alpha value is -3.48. The summed E-state index contributed by atoms with van der Waals surface area (Å²) in [6.45, 7) is 0.256. The van der Waals surface area contributed by atoms with Crippen molar-refractivity contribution in [2.24, 2.45) is 0 Å². The van der Waals surface area contributed by atoms with Crippen LogP contribution >= 0.6 is 0 Å². The van der Waals surface area contributed by atoms with E-state index in [9.17, 15) is 4.79 Å². The lowest BCUT2D eigenvalue weighted by molar-refractivity contribution is -0.113. The number of ether oxygens (including phenoxy) is 1. The number of carbonyl (C=O) groups excluding carboxylic acids is 1. The average molecular weight is 319 g/mol. The van der Waals surface area contributed by atoms with Crippen LogP contribution in [0.5, 0.6) is 5.75 Å². The molecule has 1 aliphatic heterocycles. The monoisotopic (exact) mass is 319 g/mol. The summed E-state index contributed by atoms with van der Waals surface area (Å²) in [5.74, 6) is 0.611.